The molecule has 0 fully saturated rings. The van der Waals surface area contributed by atoms with Crippen molar-refractivity contribution >= 4 is 5.69 Å². The molecule has 0 radical (unpaired) electrons. The van der Waals surface area contributed by atoms with Gasteiger partial charge in [0.25, 0.3) is 0 Å². The molecule has 0 spiro atoms. The molecular weight excluding hydrogens is 283 g/mol. The molecule has 1 aromatic carbocycles. The summed E-state index contributed by atoms with van der Waals surface area (Å²) >= 11 is 0. The molecule has 2 rings (SSSR count). The van der Waals surface area contributed by atoms with Crippen molar-refractivity contribution in [1.82, 2.24) is 4.98 Å². The molecule has 0 amide bonds. The first kappa shape index (κ1) is 14.9. The largest absolute Gasteiger partial charge is 0.444 e. The lowest BCUT2D eigenvalue weighted by Gasteiger charge is -2.10. The van der Waals surface area contributed by atoms with E-state index in [1.54, 1.807) is 12.3 Å². The Bertz CT molecular complexity index is 671. The number of hydrogen-bond acceptors (Lipinski definition) is 4. The van der Waals surface area contributed by atoms with Gasteiger partial charge >= 0.3 is 6.18 Å². The van der Waals surface area contributed by atoms with Crippen LogP contribution in [0.5, 0.6) is 0 Å². The van der Waals surface area contributed by atoms with Gasteiger partial charge in [0.15, 0.2) is 0 Å². The van der Waals surface area contributed by atoms with Crippen molar-refractivity contribution < 1.29 is 17.6 Å². The Morgan fingerprint density at radius 2 is 2.14 bits per heavy atom. The van der Waals surface area contributed by atoms with E-state index in [9.17, 15) is 13.2 Å². The molecule has 0 atom stereocenters. The van der Waals surface area contributed by atoms with Gasteiger partial charge in [0.2, 0.25) is 5.89 Å². The lowest BCUT2D eigenvalue weighted by Crippen LogP contribution is -2.07. The summed E-state index contributed by atoms with van der Waals surface area (Å²) in [7, 11) is 0. The number of anilines is 1. The minimum atomic E-state index is -4.47. The highest BCUT2D eigenvalue weighted by molar-refractivity contribution is 5.58. The molecule has 7 heteroatoms. The minimum absolute atomic E-state index is 0.0768. The number of nitrogens with zero attached hydrogens (tertiary/aromatic N) is 2. The fourth-order valence-corrected chi connectivity index (χ4v) is 1.73. The zero-order chi connectivity index (χ0) is 15.5. The van der Waals surface area contributed by atoms with Gasteiger partial charge in [-0.2, -0.15) is 18.4 Å². The van der Waals surface area contributed by atoms with Gasteiger partial charge < -0.3 is 9.73 Å². The first-order valence-corrected chi connectivity index (χ1v) is 6.23. The van der Waals surface area contributed by atoms with Crippen LogP contribution >= 0.6 is 0 Å². The highest BCUT2D eigenvalue weighted by Crippen LogP contribution is 2.31. The Morgan fingerprint density at radius 3 is 2.71 bits per heavy atom. The number of hydrogen-bond donors (Lipinski definition) is 1. The summed E-state index contributed by atoms with van der Waals surface area (Å²) in [6, 6.07) is 4.72. The van der Waals surface area contributed by atoms with Gasteiger partial charge in [0.1, 0.15) is 11.8 Å². The standard InChI is InChI=1S/C14H12F3N3O/c1-2-11-7-20-13(21-11)8-19-12-4-3-10(14(15,16)17)5-9(12)6-18/h3-5,7,19H,2,8H2,1H3. The van der Waals surface area contributed by atoms with E-state index in [4.69, 9.17) is 9.68 Å². The quantitative estimate of drug-likeness (QED) is 0.933. The number of oxazole rings is 1. The van der Waals surface area contributed by atoms with E-state index in [0.717, 1.165) is 17.9 Å². The van der Waals surface area contributed by atoms with Crippen molar-refractivity contribution in [3.8, 4) is 6.07 Å². The van der Waals surface area contributed by atoms with Gasteiger partial charge in [-0.3, -0.25) is 0 Å². The van der Waals surface area contributed by atoms with Crippen LogP contribution in [0.4, 0.5) is 18.9 Å². The van der Waals surface area contributed by atoms with Gasteiger partial charge in [0.05, 0.1) is 29.6 Å². The van der Waals surface area contributed by atoms with E-state index in [1.165, 1.54) is 6.07 Å². The van der Waals surface area contributed by atoms with Crippen LogP contribution in [-0.4, -0.2) is 4.98 Å². The number of rotatable bonds is 4. The van der Waals surface area contributed by atoms with Crippen molar-refractivity contribution in [2.24, 2.45) is 0 Å². The fraction of sp³-hybridized carbons (Fsp3) is 0.286. The van der Waals surface area contributed by atoms with E-state index >= 15 is 0 Å². The van der Waals surface area contributed by atoms with E-state index in [2.05, 4.69) is 10.3 Å². The molecule has 0 aliphatic heterocycles. The summed E-state index contributed by atoms with van der Waals surface area (Å²) in [5.41, 5.74) is -0.622. The van der Waals surface area contributed by atoms with E-state index in [0.29, 0.717) is 18.0 Å². The topological polar surface area (TPSA) is 61.9 Å². The monoisotopic (exact) mass is 295 g/mol. The van der Waals surface area contributed by atoms with Crippen LogP contribution in [0.15, 0.2) is 28.8 Å². The zero-order valence-corrected chi connectivity index (χ0v) is 11.2. The van der Waals surface area contributed by atoms with Crippen LogP contribution in [0.25, 0.3) is 0 Å². The number of aryl methyl sites for hydroxylation is 1. The minimum Gasteiger partial charge on any atom is -0.444 e. The second-order valence-corrected chi connectivity index (χ2v) is 4.30. The second kappa shape index (κ2) is 5.87. The SMILES string of the molecule is CCc1cnc(CNc2ccc(C(F)(F)F)cc2C#N)o1. The number of halogens is 3. The highest BCUT2D eigenvalue weighted by atomic mass is 19.4. The average molecular weight is 295 g/mol. The molecule has 110 valence electrons. The Balaban J connectivity index is 2.15. The number of benzene rings is 1. The number of nitrogens with one attached hydrogen (secondary N) is 1. The fourth-order valence-electron chi connectivity index (χ4n) is 1.73. The van der Waals surface area contributed by atoms with Gasteiger partial charge in [-0.15, -0.1) is 0 Å². The summed E-state index contributed by atoms with van der Waals surface area (Å²) in [4.78, 5) is 4.02. The lowest BCUT2D eigenvalue weighted by atomic mass is 10.1. The molecule has 0 saturated carbocycles. The number of aromatic nitrogens is 1. The molecule has 0 saturated heterocycles. The molecule has 1 aromatic heterocycles. The van der Waals surface area contributed by atoms with Crippen molar-refractivity contribution in [2.75, 3.05) is 5.32 Å². The smallest absolute Gasteiger partial charge is 0.416 e. The maximum absolute atomic E-state index is 12.6. The summed E-state index contributed by atoms with van der Waals surface area (Å²) in [5, 5.41) is 11.8. The van der Waals surface area contributed by atoms with Crippen LogP contribution in [-0.2, 0) is 19.1 Å². The lowest BCUT2D eigenvalue weighted by molar-refractivity contribution is -0.137. The van der Waals surface area contributed by atoms with Crippen LogP contribution in [0.3, 0.4) is 0 Å². The zero-order valence-electron chi connectivity index (χ0n) is 11.2. The molecule has 0 aliphatic rings. The van der Waals surface area contributed by atoms with Crippen LogP contribution in [0, 0.1) is 11.3 Å². The van der Waals surface area contributed by atoms with Crippen LogP contribution in [0.2, 0.25) is 0 Å². The maximum Gasteiger partial charge on any atom is 0.416 e. The van der Waals surface area contributed by atoms with Crippen LogP contribution in [0.1, 0.15) is 29.7 Å². The first-order chi connectivity index (χ1) is 9.94. The van der Waals surface area contributed by atoms with Crippen molar-refractivity contribution in [1.29, 1.82) is 5.26 Å². The molecule has 2 aromatic rings. The Hall–Kier alpha value is -2.49. The van der Waals surface area contributed by atoms with E-state index < -0.39 is 11.7 Å². The first-order valence-electron chi connectivity index (χ1n) is 6.23. The number of alkyl halides is 3. The van der Waals surface area contributed by atoms with E-state index in [-0.39, 0.29) is 12.1 Å². The van der Waals surface area contributed by atoms with Gasteiger partial charge in [-0.1, -0.05) is 6.92 Å². The van der Waals surface area contributed by atoms with E-state index in [1.807, 2.05) is 6.92 Å². The molecule has 4 nitrogen and oxygen atoms in total. The molecule has 0 aliphatic carbocycles. The molecule has 0 bridgehead atoms. The molecule has 0 unspecified atom stereocenters. The Morgan fingerprint density at radius 1 is 1.38 bits per heavy atom. The summed E-state index contributed by atoms with van der Waals surface area (Å²) in [6.45, 7) is 2.11. The summed E-state index contributed by atoms with van der Waals surface area (Å²) in [6.07, 6.45) is -2.17. The third-order valence-electron chi connectivity index (χ3n) is 2.85. The maximum atomic E-state index is 12.6. The predicted molar refractivity (Wildman–Crippen MR) is 69.4 cm³/mol. The second-order valence-electron chi connectivity index (χ2n) is 4.30. The summed E-state index contributed by atoms with van der Waals surface area (Å²) < 4.78 is 43.1. The van der Waals surface area contributed by atoms with Crippen molar-refractivity contribution in [3.63, 3.8) is 0 Å². The third-order valence-corrected chi connectivity index (χ3v) is 2.85. The van der Waals surface area contributed by atoms with Crippen molar-refractivity contribution in [2.45, 2.75) is 26.1 Å². The van der Waals surface area contributed by atoms with Gasteiger partial charge in [-0.05, 0) is 18.2 Å². The van der Waals surface area contributed by atoms with Crippen LogP contribution < -0.4 is 5.32 Å². The molecule has 21 heavy (non-hydrogen) atoms. The molecule has 1 N–H and O–H groups in total. The van der Waals surface area contributed by atoms with Gasteiger partial charge in [-0.25, -0.2) is 4.98 Å². The Kier molecular flexibility index (Phi) is 4.17. The molecular formula is C14H12F3N3O. The molecule has 1 heterocycles. The Labute approximate surface area is 119 Å². The number of nitriles is 1. The average Bonchev–Trinajstić information content (AvgIpc) is 2.92. The highest BCUT2D eigenvalue weighted by Gasteiger charge is 2.31. The normalized spacial score (nSPS) is 11.2. The predicted octanol–water partition coefficient (Wildman–Crippen LogP) is 3.74. The van der Waals surface area contributed by atoms with Gasteiger partial charge in [0, 0.05) is 6.42 Å². The summed E-state index contributed by atoms with van der Waals surface area (Å²) in [5.74, 6) is 1.13. The van der Waals surface area contributed by atoms with Crippen molar-refractivity contribution in [3.05, 3.63) is 47.2 Å². The third kappa shape index (κ3) is 3.54.